The summed E-state index contributed by atoms with van der Waals surface area (Å²) >= 11 is 0. The van der Waals surface area contributed by atoms with E-state index in [9.17, 15) is 0 Å². The molecule has 1 heterocycles. The topological polar surface area (TPSA) is 3.24 Å². The lowest BCUT2D eigenvalue weighted by atomic mass is 10.3. The summed E-state index contributed by atoms with van der Waals surface area (Å²) < 4.78 is 0. The summed E-state index contributed by atoms with van der Waals surface area (Å²) in [5.41, 5.74) is 1.22. The average molecular weight is 108 g/mol. The van der Waals surface area contributed by atoms with Crippen LogP contribution in [0, 0.1) is 6.08 Å². The summed E-state index contributed by atoms with van der Waals surface area (Å²) in [5.74, 6) is 0. The third-order valence-electron chi connectivity index (χ3n) is 1.36. The first-order valence-corrected chi connectivity index (χ1v) is 2.77. The molecule has 1 radical (unpaired) electrons. The first kappa shape index (κ1) is 5.42. The number of rotatable bonds is 0. The maximum Gasteiger partial charge on any atom is 0.0356 e. The molecule has 0 aliphatic carbocycles. The zero-order valence-corrected chi connectivity index (χ0v) is 5.31. The number of hydrogen-bond donors (Lipinski definition) is 0. The van der Waals surface area contributed by atoms with Crippen LogP contribution in [0.5, 0.6) is 0 Å². The molecule has 43 valence electrons. The van der Waals surface area contributed by atoms with Crippen LogP contribution in [-0.4, -0.2) is 18.5 Å². The molecule has 0 saturated heterocycles. The fourth-order valence-corrected chi connectivity index (χ4v) is 0.637. The Morgan fingerprint density at radius 2 is 2.50 bits per heavy atom. The molecule has 0 aromatic heterocycles. The van der Waals surface area contributed by atoms with Crippen LogP contribution in [0.4, 0.5) is 0 Å². The van der Waals surface area contributed by atoms with Crippen molar-refractivity contribution in [2.75, 3.05) is 13.6 Å². The average Bonchev–Trinajstić information content (AvgIpc) is 1.77. The van der Waals surface area contributed by atoms with Crippen molar-refractivity contribution in [2.45, 2.75) is 6.92 Å². The van der Waals surface area contributed by atoms with Gasteiger partial charge in [0.1, 0.15) is 0 Å². The lowest BCUT2D eigenvalue weighted by Gasteiger charge is -2.19. The molecule has 1 rings (SSSR count). The van der Waals surface area contributed by atoms with E-state index in [1.54, 1.807) is 0 Å². The third-order valence-corrected chi connectivity index (χ3v) is 1.36. The molecule has 8 heavy (non-hydrogen) atoms. The van der Waals surface area contributed by atoms with Crippen LogP contribution in [-0.2, 0) is 0 Å². The molecular weight excluding hydrogens is 98.1 g/mol. The standard InChI is InChI=1S/C7H10N/c1-7-5-3-4-6-8(7)2/h3-4H,6H2,1-2H3. The van der Waals surface area contributed by atoms with Gasteiger partial charge in [0.05, 0.1) is 0 Å². The fraction of sp³-hybridized carbons (Fsp3) is 0.429. The maximum absolute atomic E-state index is 3.09. The Balaban J connectivity index is 2.66. The molecule has 0 fully saturated rings. The van der Waals surface area contributed by atoms with Gasteiger partial charge in [0.2, 0.25) is 0 Å². The summed E-state index contributed by atoms with van der Waals surface area (Å²) in [7, 11) is 2.06. The SMILES string of the molecule is CC1=[C]C=CCN1C. The molecule has 0 unspecified atom stereocenters. The van der Waals surface area contributed by atoms with E-state index in [1.807, 2.05) is 6.08 Å². The molecule has 0 aromatic rings. The summed E-state index contributed by atoms with van der Waals surface area (Å²) in [4.78, 5) is 2.15. The molecule has 1 nitrogen and oxygen atoms in total. The minimum atomic E-state index is 1.03. The summed E-state index contributed by atoms with van der Waals surface area (Å²) in [6, 6.07) is 0. The van der Waals surface area contributed by atoms with E-state index in [4.69, 9.17) is 0 Å². The van der Waals surface area contributed by atoms with Gasteiger partial charge in [-0.05, 0) is 6.92 Å². The van der Waals surface area contributed by atoms with Crippen LogP contribution in [0.1, 0.15) is 6.92 Å². The molecule has 0 N–H and O–H groups in total. The second-order valence-electron chi connectivity index (χ2n) is 2.01. The predicted molar refractivity (Wildman–Crippen MR) is 34.2 cm³/mol. The van der Waals surface area contributed by atoms with Crippen LogP contribution < -0.4 is 0 Å². The van der Waals surface area contributed by atoms with Crippen molar-refractivity contribution in [3.05, 3.63) is 23.9 Å². The second kappa shape index (κ2) is 2.03. The Labute approximate surface area is 50.3 Å². The van der Waals surface area contributed by atoms with E-state index in [-0.39, 0.29) is 0 Å². The summed E-state index contributed by atoms with van der Waals surface area (Å²) in [6.07, 6.45) is 7.15. The molecule has 0 amide bonds. The van der Waals surface area contributed by atoms with E-state index in [1.165, 1.54) is 5.70 Å². The predicted octanol–water partition coefficient (Wildman–Crippen LogP) is 1.19. The second-order valence-corrected chi connectivity index (χ2v) is 2.01. The van der Waals surface area contributed by atoms with Crippen molar-refractivity contribution >= 4 is 0 Å². The lowest BCUT2D eigenvalue weighted by molar-refractivity contribution is 0.458. The lowest BCUT2D eigenvalue weighted by Crippen LogP contribution is -2.17. The van der Waals surface area contributed by atoms with Gasteiger partial charge < -0.3 is 4.90 Å². The maximum atomic E-state index is 3.09. The Morgan fingerprint density at radius 3 is 2.88 bits per heavy atom. The molecule has 0 saturated carbocycles. The smallest absolute Gasteiger partial charge is 0.0356 e. The minimum Gasteiger partial charge on any atom is -0.374 e. The highest BCUT2D eigenvalue weighted by Gasteiger charge is 1.97. The third kappa shape index (κ3) is 0.915. The first-order chi connectivity index (χ1) is 3.80. The highest BCUT2D eigenvalue weighted by Crippen LogP contribution is 2.02. The zero-order valence-electron chi connectivity index (χ0n) is 5.31. The highest BCUT2D eigenvalue weighted by molar-refractivity contribution is 5.09. The van der Waals surface area contributed by atoms with Gasteiger partial charge in [-0.3, -0.25) is 0 Å². The Kier molecular flexibility index (Phi) is 1.38. The van der Waals surface area contributed by atoms with Crippen molar-refractivity contribution < 1.29 is 0 Å². The number of likely N-dealkylation sites (N-methyl/N-ethyl adjacent to an activating group) is 1. The van der Waals surface area contributed by atoms with E-state index >= 15 is 0 Å². The number of hydrogen-bond acceptors (Lipinski definition) is 1. The van der Waals surface area contributed by atoms with Gasteiger partial charge >= 0.3 is 0 Å². The van der Waals surface area contributed by atoms with E-state index < -0.39 is 0 Å². The molecule has 0 aromatic carbocycles. The molecule has 0 atom stereocenters. The van der Waals surface area contributed by atoms with Gasteiger partial charge in [-0.1, -0.05) is 12.2 Å². The first-order valence-electron chi connectivity index (χ1n) is 2.77. The van der Waals surface area contributed by atoms with Gasteiger partial charge in [-0.25, -0.2) is 0 Å². The van der Waals surface area contributed by atoms with Gasteiger partial charge in [0, 0.05) is 25.4 Å². The molecule has 1 aliphatic rings. The zero-order chi connectivity index (χ0) is 5.98. The van der Waals surface area contributed by atoms with Crippen molar-refractivity contribution in [1.82, 2.24) is 4.90 Å². The van der Waals surface area contributed by atoms with Gasteiger partial charge in [0.15, 0.2) is 0 Å². The molecular formula is C7H10N. The van der Waals surface area contributed by atoms with E-state index in [2.05, 4.69) is 31.0 Å². The van der Waals surface area contributed by atoms with Crippen LogP contribution in [0.2, 0.25) is 0 Å². The van der Waals surface area contributed by atoms with Crippen LogP contribution in [0.25, 0.3) is 0 Å². The normalized spacial score (nSPS) is 18.8. The quantitative estimate of drug-likeness (QED) is 0.450. The molecule has 0 bridgehead atoms. The Bertz CT molecular complexity index is 133. The summed E-state index contributed by atoms with van der Waals surface area (Å²) in [6.45, 7) is 3.09. The van der Waals surface area contributed by atoms with Crippen LogP contribution in [0.15, 0.2) is 17.8 Å². The van der Waals surface area contributed by atoms with Gasteiger partial charge in [-0.15, -0.1) is 0 Å². The number of allylic oxidation sites excluding steroid dienone is 3. The molecule has 1 aliphatic heterocycles. The van der Waals surface area contributed by atoms with Crippen molar-refractivity contribution in [3.8, 4) is 0 Å². The molecule has 0 spiro atoms. The number of nitrogens with zero attached hydrogens (tertiary/aromatic N) is 1. The Morgan fingerprint density at radius 1 is 1.75 bits per heavy atom. The minimum absolute atomic E-state index is 1.03. The van der Waals surface area contributed by atoms with E-state index in [0.29, 0.717) is 0 Å². The van der Waals surface area contributed by atoms with Crippen molar-refractivity contribution in [2.24, 2.45) is 0 Å². The van der Waals surface area contributed by atoms with Crippen LogP contribution in [0.3, 0.4) is 0 Å². The molecule has 1 heteroatoms. The summed E-state index contributed by atoms with van der Waals surface area (Å²) in [5, 5.41) is 0. The fourth-order valence-electron chi connectivity index (χ4n) is 0.637. The highest BCUT2D eigenvalue weighted by atomic mass is 15.1. The van der Waals surface area contributed by atoms with Crippen molar-refractivity contribution in [1.29, 1.82) is 0 Å². The van der Waals surface area contributed by atoms with Gasteiger partial charge in [0.25, 0.3) is 0 Å². The van der Waals surface area contributed by atoms with E-state index in [0.717, 1.165) is 6.54 Å². The Hall–Kier alpha value is -0.720. The monoisotopic (exact) mass is 108 g/mol. The van der Waals surface area contributed by atoms with Crippen molar-refractivity contribution in [3.63, 3.8) is 0 Å². The van der Waals surface area contributed by atoms with Gasteiger partial charge in [-0.2, -0.15) is 0 Å². The van der Waals surface area contributed by atoms with Crippen LogP contribution >= 0.6 is 0 Å². The largest absolute Gasteiger partial charge is 0.374 e.